The highest BCUT2D eigenvalue weighted by molar-refractivity contribution is 5.68. The minimum atomic E-state index is -1.06. The summed E-state index contributed by atoms with van der Waals surface area (Å²) >= 11 is 0. The molecule has 0 aliphatic carbocycles. The first-order valence-electron chi connectivity index (χ1n) is 13.3. The van der Waals surface area contributed by atoms with E-state index in [0.29, 0.717) is 24.8 Å². The van der Waals surface area contributed by atoms with E-state index in [1.807, 2.05) is 61.6 Å². The molecule has 1 saturated heterocycles. The first kappa shape index (κ1) is 28.5. The monoisotopic (exact) mass is 535 g/mol. The van der Waals surface area contributed by atoms with E-state index >= 15 is 0 Å². The molecule has 2 N–H and O–H groups in total. The van der Waals surface area contributed by atoms with Crippen molar-refractivity contribution in [3.63, 3.8) is 0 Å². The number of nitrogens with zero attached hydrogens (tertiary/aromatic N) is 2. The van der Waals surface area contributed by atoms with Crippen LogP contribution < -0.4 is 10.2 Å². The van der Waals surface area contributed by atoms with Crippen LogP contribution in [-0.4, -0.2) is 54.3 Å². The average Bonchev–Trinajstić information content (AvgIpc) is 3.24. The van der Waals surface area contributed by atoms with Gasteiger partial charge in [-0.2, -0.15) is 0 Å². The lowest BCUT2D eigenvalue weighted by atomic mass is 9.91. The Hall–Kier alpha value is -3.49. The fourth-order valence-corrected chi connectivity index (χ4v) is 4.79. The highest BCUT2D eigenvalue weighted by Crippen LogP contribution is 2.32. The van der Waals surface area contributed by atoms with Crippen molar-refractivity contribution in [3.8, 4) is 11.1 Å². The summed E-state index contributed by atoms with van der Waals surface area (Å²) < 4.78 is 25.7. The quantitative estimate of drug-likeness (QED) is 0.404. The van der Waals surface area contributed by atoms with Crippen molar-refractivity contribution >= 4 is 11.9 Å². The maximum Gasteiger partial charge on any atom is 0.407 e. The van der Waals surface area contributed by atoms with Crippen molar-refractivity contribution < 1.29 is 23.8 Å². The van der Waals surface area contributed by atoms with Gasteiger partial charge >= 0.3 is 6.09 Å². The number of anilines is 1. The molecule has 1 aliphatic rings. The van der Waals surface area contributed by atoms with E-state index in [2.05, 4.69) is 10.3 Å². The van der Waals surface area contributed by atoms with Gasteiger partial charge in [0, 0.05) is 31.8 Å². The number of carbonyl (C=O) groups excluding carboxylic acids is 1. The van der Waals surface area contributed by atoms with Crippen LogP contribution >= 0.6 is 0 Å². The highest BCUT2D eigenvalue weighted by Gasteiger charge is 2.39. The van der Waals surface area contributed by atoms with Crippen LogP contribution in [0.15, 0.2) is 66.9 Å². The summed E-state index contributed by atoms with van der Waals surface area (Å²) in [6.07, 6.45) is 1.06. The SMILES string of the molecule is CN(C)c1ccc(-c2ccc(CC(NC(=O)OC(C)(C)C)C3CC(Cc4ccccc4F)C(O)O3)cc2)cn1. The second kappa shape index (κ2) is 12.1. The molecule has 4 atom stereocenters. The van der Waals surface area contributed by atoms with Crippen LogP contribution in [0.25, 0.3) is 11.1 Å². The lowest BCUT2D eigenvalue weighted by Crippen LogP contribution is -2.46. The molecule has 0 bridgehead atoms. The number of alkyl carbamates (subject to hydrolysis) is 1. The van der Waals surface area contributed by atoms with Crippen molar-refractivity contribution in [1.82, 2.24) is 10.3 Å². The number of hydrogen-bond acceptors (Lipinski definition) is 6. The molecule has 4 unspecified atom stereocenters. The molecule has 0 radical (unpaired) electrons. The van der Waals surface area contributed by atoms with Crippen molar-refractivity contribution in [3.05, 3.63) is 83.8 Å². The lowest BCUT2D eigenvalue weighted by molar-refractivity contribution is -0.114. The number of pyridine rings is 1. The van der Waals surface area contributed by atoms with Crippen molar-refractivity contribution in [2.75, 3.05) is 19.0 Å². The molecule has 1 amide bonds. The van der Waals surface area contributed by atoms with Crippen LogP contribution in [-0.2, 0) is 22.3 Å². The minimum Gasteiger partial charge on any atom is -0.444 e. The van der Waals surface area contributed by atoms with E-state index in [1.54, 1.807) is 39.0 Å². The number of carbonyl (C=O) groups is 1. The molecule has 1 fully saturated rings. The predicted molar refractivity (Wildman–Crippen MR) is 150 cm³/mol. The summed E-state index contributed by atoms with van der Waals surface area (Å²) in [5, 5.41) is 13.6. The van der Waals surface area contributed by atoms with Crippen LogP contribution in [0.1, 0.15) is 38.3 Å². The lowest BCUT2D eigenvalue weighted by Gasteiger charge is -2.27. The summed E-state index contributed by atoms with van der Waals surface area (Å²) in [6.45, 7) is 5.42. The van der Waals surface area contributed by atoms with Gasteiger partial charge in [0.25, 0.3) is 0 Å². The number of aliphatic hydroxyl groups excluding tert-OH is 1. The molecular formula is C31H38FN3O4. The van der Waals surface area contributed by atoms with Gasteiger partial charge in [0.2, 0.25) is 0 Å². The zero-order valence-electron chi connectivity index (χ0n) is 23.2. The summed E-state index contributed by atoms with van der Waals surface area (Å²) in [5.74, 6) is 0.288. The number of amides is 1. The fourth-order valence-electron chi connectivity index (χ4n) is 4.79. The van der Waals surface area contributed by atoms with Gasteiger partial charge in [0.15, 0.2) is 6.29 Å². The van der Waals surface area contributed by atoms with E-state index < -0.39 is 30.1 Å². The zero-order chi connectivity index (χ0) is 28.2. The van der Waals surface area contributed by atoms with Crippen LogP contribution in [0.5, 0.6) is 0 Å². The molecule has 3 aromatic rings. The molecule has 0 saturated carbocycles. The Morgan fingerprint density at radius 1 is 1.13 bits per heavy atom. The highest BCUT2D eigenvalue weighted by atomic mass is 19.1. The summed E-state index contributed by atoms with van der Waals surface area (Å²) in [6, 6.07) is 18.2. The molecule has 4 rings (SSSR count). The molecule has 2 aromatic carbocycles. The third-order valence-electron chi connectivity index (χ3n) is 6.79. The number of benzene rings is 2. The Kier molecular flexibility index (Phi) is 8.87. The maximum atomic E-state index is 14.3. The van der Waals surface area contributed by atoms with Gasteiger partial charge in [-0.05, 0) is 74.9 Å². The van der Waals surface area contributed by atoms with Crippen molar-refractivity contribution in [2.45, 2.75) is 64.1 Å². The van der Waals surface area contributed by atoms with Gasteiger partial charge in [-0.25, -0.2) is 14.2 Å². The van der Waals surface area contributed by atoms with Crippen LogP contribution in [0, 0.1) is 11.7 Å². The van der Waals surface area contributed by atoms with E-state index in [-0.39, 0.29) is 11.7 Å². The summed E-state index contributed by atoms with van der Waals surface area (Å²) in [7, 11) is 3.90. The molecule has 8 heteroatoms. The van der Waals surface area contributed by atoms with Crippen molar-refractivity contribution in [2.24, 2.45) is 5.92 Å². The molecule has 39 heavy (non-hydrogen) atoms. The number of halogens is 1. The minimum absolute atomic E-state index is 0.296. The first-order valence-corrected chi connectivity index (χ1v) is 13.3. The number of ether oxygens (including phenoxy) is 2. The van der Waals surface area contributed by atoms with E-state index in [4.69, 9.17) is 9.47 Å². The number of aromatic nitrogens is 1. The number of hydrogen-bond donors (Lipinski definition) is 2. The first-order chi connectivity index (χ1) is 18.5. The van der Waals surface area contributed by atoms with Gasteiger partial charge in [-0.1, -0.05) is 42.5 Å². The summed E-state index contributed by atoms with van der Waals surface area (Å²) in [5.41, 5.74) is 2.91. The van der Waals surface area contributed by atoms with Crippen molar-refractivity contribution in [1.29, 1.82) is 0 Å². The molecular weight excluding hydrogens is 497 g/mol. The maximum absolute atomic E-state index is 14.3. The molecule has 1 aromatic heterocycles. The standard InChI is InChI=1S/C31H38FN3O4/c1-31(2,3)39-30(37)34-26(27-18-24(29(36)38-27)17-22-8-6-7-9-25(22)32)16-20-10-12-21(13-11-20)23-14-15-28(33-19-23)35(4)5/h6-15,19,24,26-27,29,36H,16-18H2,1-5H3,(H,34,37). The third kappa shape index (κ3) is 7.77. The molecule has 0 spiro atoms. The Morgan fingerprint density at radius 3 is 2.44 bits per heavy atom. The second-order valence-electron chi connectivity index (χ2n) is 11.3. The third-order valence-corrected chi connectivity index (χ3v) is 6.79. The Labute approximate surface area is 230 Å². The van der Waals surface area contributed by atoms with Gasteiger partial charge in [0.05, 0.1) is 12.1 Å². The van der Waals surface area contributed by atoms with Gasteiger partial charge in [0.1, 0.15) is 17.2 Å². The Balaban J connectivity index is 1.49. The molecule has 7 nitrogen and oxygen atoms in total. The van der Waals surface area contributed by atoms with E-state index in [9.17, 15) is 14.3 Å². The van der Waals surface area contributed by atoms with E-state index in [1.165, 1.54) is 6.07 Å². The van der Waals surface area contributed by atoms with Gasteiger partial charge < -0.3 is 24.8 Å². The largest absolute Gasteiger partial charge is 0.444 e. The number of aliphatic hydroxyl groups is 1. The molecule has 208 valence electrons. The topological polar surface area (TPSA) is 83.9 Å². The molecule has 2 heterocycles. The average molecular weight is 536 g/mol. The van der Waals surface area contributed by atoms with E-state index in [0.717, 1.165) is 22.5 Å². The smallest absolute Gasteiger partial charge is 0.407 e. The normalized spacial score (nSPS) is 19.9. The predicted octanol–water partition coefficient (Wildman–Crippen LogP) is 5.36. The number of nitrogens with one attached hydrogen (secondary N) is 1. The Morgan fingerprint density at radius 2 is 1.82 bits per heavy atom. The molecule has 1 aliphatic heterocycles. The van der Waals surface area contributed by atoms with Crippen LogP contribution in [0.2, 0.25) is 0 Å². The number of rotatable bonds is 8. The fraction of sp³-hybridized carbons (Fsp3) is 0.419. The van der Waals surface area contributed by atoms with Crippen LogP contribution in [0.3, 0.4) is 0 Å². The van der Waals surface area contributed by atoms with Gasteiger partial charge in [-0.3, -0.25) is 0 Å². The Bertz CT molecular complexity index is 1240. The van der Waals surface area contributed by atoms with Gasteiger partial charge in [-0.15, -0.1) is 0 Å². The summed E-state index contributed by atoms with van der Waals surface area (Å²) in [4.78, 5) is 19.2. The zero-order valence-corrected chi connectivity index (χ0v) is 23.2. The second-order valence-corrected chi connectivity index (χ2v) is 11.3. The van der Waals surface area contributed by atoms with Crippen LogP contribution in [0.4, 0.5) is 15.0 Å².